The van der Waals surface area contributed by atoms with E-state index in [2.05, 4.69) is 9.64 Å². The monoisotopic (exact) mass is 574 g/mol. The van der Waals surface area contributed by atoms with Gasteiger partial charge in [0.05, 0.1) is 36.1 Å². The molecule has 0 bridgehead atoms. The van der Waals surface area contributed by atoms with Gasteiger partial charge in [-0.25, -0.2) is 13.6 Å². The molecule has 1 aliphatic carbocycles. The Morgan fingerprint density at radius 1 is 1.18 bits per heavy atom. The summed E-state index contributed by atoms with van der Waals surface area (Å²) in [6, 6.07) is 3.39. The zero-order valence-corrected chi connectivity index (χ0v) is 22.5. The van der Waals surface area contributed by atoms with Crippen LogP contribution in [0.2, 0.25) is 0 Å². The number of benzene rings is 1. The molecule has 6 rings (SSSR count). The summed E-state index contributed by atoms with van der Waals surface area (Å²) in [7, 11) is 1.12. The number of ether oxygens (including phenoxy) is 3. The lowest BCUT2D eigenvalue weighted by molar-refractivity contribution is -0.160. The second-order valence-electron chi connectivity index (χ2n) is 9.44. The minimum absolute atomic E-state index is 0.0470. The van der Waals surface area contributed by atoms with Gasteiger partial charge >= 0.3 is 6.16 Å². The Labute approximate surface area is 231 Å². The third kappa shape index (κ3) is 4.39. The summed E-state index contributed by atoms with van der Waals surface area (Å²) in [5.74, 6) is -3.02. The second-order valence-corrected chi connectivity index (χ2v) is 11.6. The van der Waals surface area contributed by atoms with Crippen molar-refractivity contribution in [1.29, 1.82) is 0 Å². The predicted molar refractivity (Wildman–Crippen MR) is 138 cm³/mol. The molecule has 2 aromatic rings. The summed E-state index contributed by atoms with van der Waals surface area (Å²) in [6.07, 6.45) is 2.16. The standard InChI is InChI=1S/C27H24F2N2O6S2/c1-35-27(34)37-24-19(32)5-3-2-4-18-21(24)25(33)30-9-10-36-12-20(30)31(18)23-14-6-7-17(28)22(29)16(14)13-39-26-15(23)8-11-38-26/h3,5-8,11,18,20,23H,2,4,9-10,12-13H2,1H3/b5-3-,24-21-/t18?,20-,23-/m1/s1. The number of nitrogens with zero attached hydrogens (tertiary/aromatic N) is 2. The molecular weight excluding hydrogens is 550 g/mol. The number of ketones is 1. The number of carbonyl (C=O) groups excluding carboxylic acids is 3. The van der Waals surface area contributed by atoms with Crippen LogP contribution in [0.25, 0.3) is 0 Å². The number of rotatable bonds is 2. The Kier molecular flexibility index (Phi) is 7.04. The van der Waals surface area contributed by atoms with Gasteiger partial charge in [0.2, 0.25) is 5.78 Å². The lowest BCUT2D eigenvalue weighted by Gasteiger charge is -2.53. The van der Waals surface area contributed by atoms with Crippen molar-refractivity contribution < 1.29 is 37.4 Å². The molecule has 8 nitrogen and oxygen atoms in total. The largest absolute Gasteiger partial charge is 0.513 e. The van der Waals surface area contributed by atoms with Crippen molar-refractivity contribution in [2.75, 3.05) is 26.9 Å². The van der Waals surface area contributed by atoms with E-state index < -0.39 is 47.7 Å². The van der Waals surface area contributed by atoms with E-state index in [0.717, 1.165) is 22.9 Å². The smallest absolute Gasteiger partial charge is 0.437 e. The minimum atomic E-state index is -1.11. The van der Waals surface area contributed by atoms with Gasteiger partial charge in [-0.3, -0.25) is 14.5 Å². The van der Waals surface area contributed by atoms with E-state index >= 15 is 4.39 Å². The van der Waals surface area contributed by atoms with Crippen LogP contribution in [-0.2, 0) is 29.6 Å². The van der Waals surface area contributed by atoms with Crippen molar-refractivity contribution in [2.24, 2.45) is 0 Å². The highest BCUT2D eigenvalue weighted by Gasteiger charge is 2.51. The highest BCUT2D eigenvalue weighted by Crippen LogP contribution is 2.49. The van der Waals surface area contributed by atoms with Gasteiger partial charge in [-0.05, 0) is 47.6 Å². The van der Waals surface area contributed by atoms with Gasteiger partial charge in [0, 0.05) is 23.9 Å². The quantitative estimate of drug-likeness (QED) is 0.484. The molecule has 3 atom stereocenters. The molecule has 204 valence electrons. The number of carbonyl (C=O) groups is 3. The molecule has 1 amide bonds. The maximum absolute atomic E-state index is 15.2. The van der Waals surface area contributed by atoms with Crippen LogP contribution in [0.4, 0.5) is 13.6 Å². The number of halogens is 2. The van der Waals surface area contributed by atoms with E-state index in [9.17, 15) is 18.8 Å². The summed E-state index contributed by atoms with van der Waals surface area (Å²) >= 11 is 2.95. The first-order valence-electron chi connectivity index (χ1n) is 12.4. The molecule has 0 N–H and O–H groups in total. The Bertz CT molecular complexity index is 1420. The summed E-state index contributed by atoms with van der Waals surface area (Å²) in [4.78, 5) is 43.0. The maximum Gasteiger partial charge on any atom is 0.513 e. The zero-order chi connectivity index (χ0) is 27.3. The number of fused-ring (bicyclic) bond motifs is 4. The van der Waals surface area contributed by atoms with Crippen molar-refractivity contribution in [3.63, 3.8) is 0 Å². The van der Waals surface area contributed by atoms with Crippen LogP contribution in [0.15, 0.2) is 51.3 Å². The first-order chi connectivity index (χ1) is 18.9. The number of thioether (sulfide) groups is 1. The van der Waals surface area contributed by atoms with Gasteiger partial charge in [-0.15, -0.1) is 23.1 Å². The van der Waals surface area contributed by atoms with Crippen molar-refractivity contribution in [3.8, 4) is 0 Å². The van der Waals surface area contributed by atoms with Gasteiger partial charge in [0.25, 0.3) is 5.91 Å². The van der Waals surface area contributed by atoms with E-state index in [1.165, 1.54) is 29.2 Å². The number of amides is 1. The van der Waals surface area contributed by atoms with Gasteiger partial charge in [-0.1, -0.05) is 12.1 Å². The van der Waals surface area contributed by atoms with Crippen LogP contribution in [0.1, 0.15) is 35.6 Å². The lowest BCUT2D eigenvalue weighted by atomic mass is 9.85. The molecule has 4 aliphatic rings. The molecule has 4 heterocycles. The van der Waals surface area contributed by atoms with Gasteiger partial charge < -0.3 is 19.1 Å². The van der Waals surface area contributed by atoms with Crippen molar-refractivity contribution in [1.82, 2.24) is 9.80 Å². The van der Waals surface area contributed by atoms with Crippen LogP contribution in [0.3, 0.4) is 0 Å². The molecule has 1 aromatic heterocycles. The molecule has 0 spiro atoms. The molecule has 1 unspecified atom stereocenters. The molecule has 2 fully saturated rings. The van der Waals surface area contributed by atoms with E-state index in [4.69, 9.17) is 9.47 Å². The third-order valence-corrected chi connectivity index (χ3v) is 9.75. The Morgan fingerprint density at radius 2 is 2.03 bits per heavy atom. The zero-order valence-electron chi connectivity index (χ0n) is 20.9. The Hall–Kier alpha value is -3.06. The minimum Gasteiger partial charge on any atom is -0.437 e. The number of hydrogen-bond acceptors (Lipinski definition) is 9. The molecule has 3 aliphatic heterocycles. The molecule has 39 heavy (non-hydrogen) atoms. The van der Waals surface area contributed by atoms with Crippen LogP contribution in [0, 0.1) is 11.6 Å². The highest BCUT2D eigenvalue weighted by atomic mass is 32.2. The van der Waals surface area contributed by atoms with Crippen molar-refractivity contribution >= 4 is 40.9 Å². The van der Waals surface area contributed by atoms with Crippen LogP contribution in [-0.4, -0.2) is 66.7 Å². The molecular formula is C27H24F2N2O6S2. The molecule has 2 saturated heterocycles. The number of methoxy groups -OCH3 is 1. The SMILES string of the molecule is COC(=O)O/C1=C2\C(=O)N3CCOC[C@H]3N([C@H]3c4ccsc4SCc4c3ccc(F)c4F)C2CC/C=C\C1=O. The van der Waals surface area contributed by atoms with Crippen molar-refractivity contribution in [2.45, 2.75) is 41.1 Å². The van der Waals surface area contributed by atoms with E-state index in [-0.39, 0.29) is 42.4 Å². The summed E-state index contributed by atoms with van der Waals surface area (Å²) in [5, 5.41) is 1.95. The van der Waals surface area contributed by atoms with Crippen molar-refractivity contribution in [3.05, 3.63) is 75.4 Å². The first-order valence-corrected chi connectivity index (χ1v) is 14.3. The normalized spacial score (nSPS) is 27.8. The number of hydrogen-bond donors (Lipinski definition) is 0. The average Bonchev–Trinajstić information content (AvgIpc) is 3.34. The number of thiophene rings is 1. The van der Waals surface area contributed by atoms with Gasteiger partial charge in [0.1, 0.15) is 6.17 Å². The summed E-state index contributed by atoms with van der Waals surface area (Å²) in [6.45, 7) is 0.721. The molecule has 1 aromatic carbocycles. The van der Waals surface area contributed by atoms with Crippen LogP contribution < -0.4 is 0 Å². The fourth-order valence-corrected chi connectivity index (χ4v) is 7.95. The molecule has 0 radical (unpaired) electrons. The maximum atomic E-state index is 15.2. The van der Waals surface area contributed by atoms with E-state index in [0.29, 0.717) is 18.4 Å². The Balaban J connectivity index is 1.61. The predicted octanol–water partition coefficient (Wildman–Crippen LogP) is 4.55. The topological polar surface area (TPSA) is 85.4 Å². The highest BCUT2D eigenvalue weighted by molar-refractivity contribution is 8.00. The Morgan fingerprint density at radius 3 is 2.85 bits per heavy atom. The lowest BCUT2D eigenvalue weighted by Crippen LogP contribution is -2.66. The van der Waals surface area contributed by atoms with Crippen LogP contribution >= 0.6 is 23.1 Å². The first kappa shape index (κ1) is 26.2. The van der Waals surface area contributed by atoms with Gasteiger partial charge in [-0.2, -0.15) is 0 Å². The van der Waals surface area contributed by atoms with Crippen LogP contribution in [0.5, 0.6) is 0 Å². The van der Waals surface area contributed by atoms with Gasteiger partial charge in [0.15, 0.2) is 17.4 Å². The summed E-state index contributed by atoms with van der Waals surface area (Å²) in [5.41, 5.74) is 1.78. The fourth-order valence-electron chi connectivity index (χ4n) is 5.77. The van der Waals surface area contributed by atoms with E-state index in [1.807, 2.05) is 11.4 Å². The fraction of sp³-hybridized carbons (Fsp3) is 0.370. The third-order valence-electron chi connectivity index (χ3n) is 7.45. The molecule has 0 saturated carbocycles. The molecule has 12 heteroatoms. The number of morpholine rings is 1. The second kappa shape index (κ2) is 10.5. The van der Waals surface area contributed by atoms with E-state index in [1.54, 1.807) is 17.0 Å². The number of allylic oxidation sites excluding steroid dienone is 2. The summed E-state index contributed by atoms with van der Waals surface area (Å²) < 4.78 is 46.4. The average molecular weight is 575 g/mol.